The second-order valence-corrected chi connectivity index (χ2v) is 8.33. The fraction of sp³-hybridized carbons (Fsp3) is 0.571. The predicted octanol–water partition coefficient (Wildman–Crippen LogP) is 3.50. The lowest BCUT2D eigenvalue weighted by Gasteiger charge is -2.32. The van der Waals surface area contributed by atoms with Crippen LogP contribution in [0.4, 0.5) is 0 Å². The van der Waals surface area contributed by atoms with Gasteiger partial charge in [0, 0.05) is 31.7 Å². The number of aryl methyl sites for hydroxylation is 2. The molecule has 0 atom stereocenters. The summed E-state index contributed by atoms with van der Waals surface area (Å²) in [6.07, 6.45) is 2.30. The van der Waals surface area contributed by atoms with E-state index in [0.717, 1.165) is 34.6 Å². The van der Waals surface area contributed by atoms with Crippen molar-refractivity contribution >= 4 is 15.9 Å². The molecule has 0 bridgehead atoms. The average Bonchev–Trinajstić information content (AvgIpc) is 2.90. The van der Waals surface area contributed by atoms with Crippen molar-refractivity contribution < 1.29 is 4.74 Å². The van der Waals surface area contributed by atoms with Gasteiger partial charge in [0.15, 0.2) is 0 Å². The Morgan fingerprint density at radius 2 is 1.89 bits per heavy atom. The van der Waals surface area contributed by atoms with Gasteiger partial charge in [0.25, 0.3) is 0 Å². The molecule has 148 valence electrons. The van der Waals surface area contributed by atoms with Crippen molar-refractivity contribution in [3.63, 3.8) is 0 Å². The van der Waals surface area contributed by atoms with Crippen molar-refractivity contribution in [2.75, 3.05) is 46.9 Å². The maximum Gasteiger partial charge on any atom is 0.123 e. The monoisotopic (exact) mass is 434 g/mol. The molecule has 0 amide bonds. The van der Waals surface area contributed by atoms with Gasteiger partial charge in [0.1, 0.15) is 5.75 Å². The fourth-order valence-electron chi connectivity index (χ4n) is 3.68. The largest absolute Gasteiger partial charge is 0.496 e. The second-order valence-electron chi connectivity index (χ2n) is 7.54. The molecule has 5 nitrogen and oxygen atoms in total. The summed E-state index contributed by atoms with van der Waals surface area (Å²) in [7, 11) is 3.95. The van der Waals surface area contributed by atoms with Crippen LogP contribution in [0, 0.1) is 13.8 Å². The van der Waals surface area contributed by atoms with E-state index in [9.17, 15) is 0 Å². The summed E-state index contributed by atoms with van der Waals surface area (Å²) in [5.74, 6) is 0.932. The van der Waals surface area contributed by atoms with Crippen LogP contribution in [-0.4, -0.2) is 66.5 Å². The molecular formula is C21H31BrN4O. The third-order valence-electron chi connectivity index (χ3n) is 5.49. The highest BCUT2D eigenvalue weighted by molar-refractivity contribution is 9.10. The van der Waals surface area contributed by atoms with Crippen LogP contribution in [0.25, 0.3) is 0 Å². The molecule has 0 N–H and O–H groups in total. The molecule has 2 heterocycles. The predicted molar refractivity (Wildman–Crippen MR) is 114 cm³/mol. The van der Waals surface area contributed by atoms with Gasteiger partial charge >= 0.3 is 0 Å². The first-order valence-electron chi connectivity index (χ1n) is 9.74. The number of hydrogen-bond acceptors (Lipinski definition) is 4. The van der Waals surface area contributed by atoms with Crippen molar-refractivity contribution in [2.45, 2.75) is 33.2 Å². The number of nitrogens with zero attached hydrogens (tertiary/aromatic N) is 4. The van der Waals surface area contributed by atoms with Crippen molar-refractivity contribution in [2.24, 2.45) is 0 Å². The average molecular weight is 435 g/mol. The van der Waals surface area contributed by atoms with Gasteiger partial charge in [0.2, 0.25) is 0 Å². The zero-order valence-corrected chi connectivity index (χ0v) is 18.5. The Labute approximate surface area is 171 Å². The van der Waals surface area contributed by atoms with Crippen molar-refractivity contribution in [3.05, 3.63) is 45.2 Å². The highest BCUT2D eigenvalue weighted by Crippen LogP contribution is 2.25. The van der Waals surface area contributed by atoms with Gasteiger partial charge < -0.3 is 14.5 Å². The van der Waals surface area contributed by atoms with E-state index >= 15 is 0 Å². The summed E-state index contributed by atoms with van der Waals surface area (Å²) in [5, 5.41) is 4.64. The minimum Gasteiger partial charge on any atom is -0.496 e. The molecule has 0 radical (unpaired) electrons. The smallest absolute Gasteiger partial charge is 0.123 e. The molecule has 1 saturated heterocycles. The molecule has 2 aromatic rings. The maximum atomic E-state index is 5.59. The Bertz CT molecular complexity index is 766. The first-order chi connectivity index (χ1) is 13.0. The fourth-order valence-corrected chi connectivity index (χ4v) is 3.96. The summed E-state index contributed by atoms with van der Waals surface area (Å²) in [5.41, 5.74) is 4.73. The number of halogens is 1. The Kier molecular flexibility index (Phi) is 6.95. The van der Waals surface area contributed by atoms with E-state index in [-0.39, 0.29) is 0 Å². The van der Waals surface area contributed by atoms with Crippen LogP contribution in [0.2, 0.25) is 0 Å². The van der Waals surface area contributed by atoms with Crippen molar-refractivity contribution in [1.29, 1.82) is 0 Å². The number of aromatic nitrogens is 2. The maximum absolute atomic E-state index is 5.59. The lowest BCUT2D eigenvalue weighted by Crippen LogP contribution is -2.44. The lowest BCUT2D eigenvalue weighted by atomic mass is 10.0. The molecular weight excluding hydrogens is 404 g/mol. The SMILES string of the molecule is COc1ccc(CCCN2CCN(C)CC2)cc1Cn1nc(C)c(Br)c1C. The number of rotatable bonds is 7. The number of likely N-dealkylation sites (N-methyl/N-ethyl adjacent to an activating group) is 1. The summed E-state index contributed by atoms with van der Waals surface area (Å²) in [4.78, 5) is 4.99. The van der Waals surface area contributed by atoms with Crippen LogP contribution >= 0.6 is 15.9 Å². The van der Waals surface area contributed by atoms with E-state index in [2.05, 4.69) is 63.0 Å². The number of piperazine rings is 1. The standard InChI is InChI=1S/C21H31BrN4O/c1-16-21(22)17(2)26(23-16)15-19-14-18(7-8-20(19)27-4)6-5-9-25-12-10-24(3)11-13-25/h7-8,14H,5-6,9-13,15H2,1-4H3. The first kappa shape index (κ1) is 20.4. The van der Waals surface area contributed by atoms with Crippen LogP contribution < -0.4 is 4.74 Å². The highest BCUT2D eigenvalue weighted by Gasteiger charge is 2.14. The summed E-state index contributed by atoms with van der Waals surface area (Å²) < 4.78 is 8.73. The van der Waals surface area contributed by atoms with E-state index in [0.29, 0.717) is 0 Å². The number of hydrogen-bond donors (Lipinski definition) is 0. The van der Waals surface area contributed by atoms with Gasteiger partial charge in [-0.2, -0.15) is 5.10 Å². The van der Waals surface area contributed by atoms with E-state index in [4.69, 9.17) is 4.74 Å². The molecule has 1 aliphatic rings. The molecule has 0 aliphatic carbocycles. The third-order valence-corrected chi connectivity index (χ3v) is 6.64. The molecule has 0 spiro atoms. The Balaban J connectivity index is 1.63. The van der Waals surface area contributed by atoms with Crippen LogP contribution in [0.3, 0.4) is 0 Å². The number of methoxy groups -OCH3 is 1. The third kappa shape index (κ3) is 5.12. The summed E-state index contributed by atoms with van der Waals surface area (Å²) in [6.45, 7) is 10.8. The molecule has 0 saturated carbocycles. The zero-order chi connectivity index (χ0) is 19.4. The van der Waals surface area contributed by atoms with Gasteiger partial charge in [-0.15, -0.1) is 0 Å². The van der Waals surface area contributed by atoms with E-state index < -0.39 is 0 Å². The van der Waals surface area contributed by atoms with Crippen LogP contribution in [-0.2, 0) is 13.0 Å². The zero-order valence-electron chi connectivity index (χ0n) is 17.0. The van der Waals surface area contributed by atoms with E-state index in [1.54, 1.807) is 7.11 Å². The molecule has 0 unspecified atom stereocenters. The summed E-state index contributed by atoms with van der Waals surface area (Å²) in [6, 6.07) is 6.58. The van der Waals surface area contributed by atoms with E-state index in [1.807, 2.05) is 11.6 Å². The van der Waals surface area contributed by atoms with Crippen molar-refractivity contribution in [3.8, 4) is 5.75 Å². The van der Waals surface area contributed by atoms with Crippen LogP contribution in [0.15, 0.2) is 22.7 Å². The normalized spacial score (nSPS) is 16.0. The van der Waals surface area contributed by atoms with Gasteiger partial charge in [-0.1, -0.05) is 12.1 Å². The second kappa shape index (κ2) is 9.22. The number of benzene rings is 1. The highest BCUT2D eigenvalue weighted by atomic mass is 79.9. The van der Waals surface area contributed by atoms with Gasteiger partial charge in [-0.05, 0) is 67.8 Å². The minimum absolute atomic E-state index is 0.730. The first-order valence-corrected chi connectivity index (χ1v) is 10.5. The Hall–Kier alpha value is -1.37. The van der Waals surface area contributed by atoms with Gasteiger partial charge in [0.05, 0.1) is 29.5 Å². The molecule has 27 heavy (non-hydrogen) atoms. The van der Waals surface area contributed by atoms with Crippen LogP contribution in [0.1, 0.15) is 28.9 Å². The Morgan fingerprint density at radius 1 is 1.15 bits per heavy atom. The van der Waals surface area contributed by atoms with Crippen LogP contribution in [0.5, 0.6) is 5.75 Å². The summed E-state index contributed by atoms with van der Waals surface area (Å²) >= 11 is 3.62. The molecule has 1 fully saturated rings. The molecule has 1 aliphatic heterocycles. The van der Waals surface area contributed by atoms with Crippen molar-refractivity contribution in [1.82, 2.24) is 19.6 Å². The quantitative estimate of drug-likeness (QED) is 0.667. The molecule has 1 aromatic heterocycles. The lowest BCUT2D eigenvalue weighted by molar-refractivity contribution is 0.153. The molecule has 1 aromatic carbocycles. The molecule has 6 heteroatoms. The van der Waals surface area contributed by atoms with Gasteiger partial charge in [-0.3, -0.25) is 4.68 Å². The molecule has 3 rings (SSSR count). The Morgan fingerprint density at radius 3 is 2.52 bits per heavy atom. The van der Waals surface area contributed by atoms with Gasteiger partial charge in [-0.25, -0.2) is 0 Å². The minimum atomic E-state index is 0.730. The van der Waals surface area contributed by atoms with E-state index in [1.165, 1.54) is 50.3 Å². The number of ether oxygens (including phenoxy) is 1. The topological polar surface area (TPSA) is 33.5 Å².